The average molecular weight is 542 g/mol. The van der Waals surface area contributed by atoms with Crippen LogP contribution in [-0.4, -0.2) is 28.3 Å². The molecule has 3 aromatic rings. The van der Waals surface area contributed by atoms with E-state index in [0.717, 1.165) is 5.41 Å². The molecule has 1 unspecified atom stereocenters. The van der Waals surface area contributed by atoms with E-state index in [4.69, 9.17) is 0 Å². The van der Waals surface area contributed by atoms with Gasteiger partial charge in [0.1, 0.15) is 5.36 Å². The minimum absolute atomic E-state index is 0.112. The minimum Gasteiger partial charge on any atom is -0.768 e. The quantitative estimate of drug-likeness (QED) is 0.255. The van der Waals surface area contributed by atoms with Crippen molar-refractivity contribution in [3.63, 3.8) is 0 Å². The number of aromatic carboxylic acids is 1. The van der Waals surface area contributed by atoms with Gasteiger partial charge in [0.15, 0.2) is 15.2 Å². The Balaban J connectivity index is 2.09. The molecule has 0 saturated heterocycles. The minimum atomic E-state index is -3.76. The van der Waals surface area contributed by atoms with Gasteiger partial charge in [-0.3, -0.25) is 24.6 Å². The normalized spacial score (nSPS) is 13.1. The van der Waals surface area contributed by atoms with E-state index >= 15 is 0 Å². The second kappa shape index (κ2) is 11.0. The van der Waals surface area contributed by atoms with Crippen molar-refractivity contribution in [3.05, 3.63) is 115 Å². The van der Waals surface area contributed by atoms with Crippen LogP contribution in [0.2, 0.25) is 0 Å². The number of carboxylic acids is 1. The lowest BCUT2D eigenvalue weighted by molar-refractivity contribution is 0.0694. The van der Waals surface area contributed by atoms with Crippen LogP contribution in [0.3, 0.4) is 0 Å². The number of carbonyl (C=O) groups is 1. The predicted molar refractivity (Wildman–Crippen MR) is 135 cm³/mol. The Morgan fingerprint density at radius 2 is 1.59 bits per heavy atom. The highest BCUT2D eigenvalue weighted by atomic mass is 32.2. The van der Waals surface area contributed by atoms with Crippen LogP contribution in [0.4, 0.5) is 11.4 Å². The van der Waals surface area contributed by atoms with Gasteiger partial charge in [0.2, 0.25) is 10.9 Å². The maximum absolute atomic E-state index is 13.0. The summed E-state index contributed by atoms with van der Waals surface area (Å²) >= 11 is -2.58. The standard InChI is InChI=1S/C23H18N4O8S2/c1-3-37(34,35)17-9-5-8-16(11-17)25-27-21-19(28)12-18(23(30)31)20(22(21)29)26-24-15-7-4-6-14(10-15)13(2)36(32)33/h3-12,24-25H,1-2H2,(H,30,31)(H,32,33)/p-1/b26-20-,27-21?. The van der Waals surface area contributed by atoms with Gasteiger partial charge in [0.25, 0.3) is 0 Å². The van der Waals surface area contributed by atoms with Crippen molar-refractivity contribution in [1.29, 1.82) is 0 Å². The van der Waals surface area contributed by atoms with Crippen molar-refractivity contribution in [2.24, 2.45) is 10.2 Å². The maximum atomic E-state index is 13.0. The smallest absolute Gasteiger partial charge is 0.338 e. The predicted octanol–water partition coefficient (Wildman–Crippen LogP) is 0.603. The molecule has 1 atom stereocenters. The number of hydrogen-bond donors (Lipinski definition) is 3. The van der Waals surface area contributed by atoms with Gasteiger partial charge in [-0.25, -0.2) is 13.2 Å². The van der Waals surface area contributed by atoms with E-state index in [1.165, 1.54) is 48.5 Å². The molecular formula is C23H17N4O8S2-. The second-order valence-corrected chi connectivity index (χ2v) is 10.0. The number of nitrogens with zero attached hydrogens (tertiary/aromatic N) is 2. The first kappa shape index (κ1) is 27.1. The summed E-state index contributed by atoms with van der Waals surface area (Å²) in [6.07, 6.45) is 0. The zero-order valence-corrected chi connectivity index (χ0v) is 20.3. The molecule has 0 spiro atoms. The topological polar surface area (TPSA) is 194 Å². The van der Waals surface area contributed by atoms with E-state index in [1.54, 1.807) is 0 Å². The van der Waals surface area contributed by atoms with Gasteiger partial charge < -0.3 is 9.66 Å². The molecule has 37 heavy (non-hydrogen) atoms. The molecule has 14 heteroatoms. The van der Waals surface area contributed by atoms with Crippen molar-refractivity contribution in [3.8, 4) is 0 Å². The number of anilines is 2. The molecule has 0 heterocycles. The molecule has 0 fully saturated rings. The SMILES string of the molecule is C=CS(=O)(=O)c1cccc(NN=c2c(=O)cc(C(=O)O)/c(=N/Nc3cccc(C(=C)S(=O)[O-])c3)c2=O)c1. The van der Waals surface area contributed by atoms with E-state index in [1.807, 2.05) is 0 Å². The zero-order chi connectivity index (χ0) is 27.3. The third-order valence-electron chi connectivity index (χ3n) is 4.79. The summed E-state index contributed by atoms with van der Waals surface area (Å²) in [5.74, 6) is -1.60. The Morgan fingerprint density at radius 3 is 2.19 bits per heavy atom. The largest absolute Gasteiger partial charge is 0.768 e. The fourth-order valence-corrected chi connectivity index (χ4v) is 4.00. The highest BCUT2D eigenvalue weighted by Crippen LogP contribution is 2.19. The number of benzene rings is 3. The van der Waals surface area contributed by atoms with Crippen molar-refractivity contribution in [1.82, 2.24) is 0 Å². The Hall–Kier alpha value is -4.53. The third kappa shape index (κ3) is 6.19. The van der Waals surface area contributed by atoms with Crippen LogP contribution < -0.4 is 32.4 Å². The van der Waals surface area contributed by atoms with Crippen LogP contribution in [-0.2, 0) is 20.9 Å². The Kier molecular flexibility index (Phi) is 8.07. The monoisotopic (exact) mass is 541 g/mol. The molecule has 3 aromatic carbocycles. The molecule has 0 aliphatic carbocycles. The lowest BCUT2D eigenvalue weighted by Crippen LogP contribution is -2.50. The van der Waals surface area contributed by atoms with Gasteiger partial charge in [0, 0.05) is 16.4 Å². The summed E-state index contributed by atoms with van der Waals surface area (Å²) in [6.45, 7) is 6.67. The molecule has 0 aliphatic heterocycles. The van der Waals surface area contributed by atoms with Crippen LogP contribution in [0.1, 0.15) is 15.9 Å². The summed E-state index contributed by atoms with van der Waals surface area (Å²) in [5, 5.41) is 16.4. The molecule has 0 amide bonds. The summed E-state index contributed by atoms with van der Waals surface area (Å²) in [6, 6.07) is 11.8. The lowest BCUT2D eigenvalue weighted by atomic mass is 10.2. The van der Waals surface area contributed by atoms with Gasteiger partial charge in [-0.2, -0.15) is 10.2 Å². The summed E-state index contributed by atoms with van der Waals surface area (Å²) in [7, 11) is -3.76. The number of sulfone groups is 1. The van der Waals surface area contributed by atoms with Crippen molar-refractivity contribution >= 4 is 43.2 Å². The summed E-state index contributed by atoms with van der Waals surface area (Å²) in [4.78, 5) is 36.7. The van der Waals surface area contributed by atoms with Crippen LogP contribution >= 0.6 is 0 Å². The molecule has 12 nitrogen and oxygen atoms in total. The number of nitrogens with one attached hydrogen (secondary N) is 2. The number of rotatable bonds is 9. The lowest BCUT2D eigenvalue weighted by Gasteiger charge is -2.10. The Labute approximate surface area is 211 Å². The van der Waals surface area contributed by atoms with E-state index < -0.39 is 54.0 Å². The molecular weight excluding hydrogens is 524 g/mol. The second-order valence-electron chi connectivity index (χ2n) is 7.18. The molecule has 0 radical (unpaired) electrons. The van der Waals surface area contributed by atoms with E-state index in [2.05, 4.69) is 34.2 Å². The van der Waals surface area contributed by atoms with Crippen molar-refractivity contribution < 1.29 is 27.1 Å². The molecule has 0 saturated carbocycles. The van der Waals surface area contributed by atoms with Gasteiger partial charge in [-0.1, -0.05) is 31.4 Å². The highest BCUT2D eigenvalue weighted by molar-refractivity contribution is 7.94. The fourth-order valence-electron chi connectivity index (χ4n) is 2.93. The highest BCUT2D eigenvalue weighted by Gasteiger charge is 2.15. The Morgan fingerprint density at radius 1 is 1.00 bits per heavy atom. The maximum Gasteiger partial charge on any atom is 0.338 e. The van der Waals surface area contributed by atoms with Crippen LogP contribution in [0.5, 0.6) is 0 Å². The molecule has 3 rings (SSSR count). The molecule has 0 aromatic heterocycles. The first-order chi connectivity index (χ1) is 17.4. The van der Waals surface area contributed by atoms with Crippen LogP contribution in [0.25, 0.3) is 4.91 Å². The number of hydrogen-bond acceptors (Lipinski definition) is 11. The fraction of sp³-hybridized carbons (Fsp3) is 0. The van der Waals surface area contributed by atoms with Gasteiger partial charge in [-0.05, 0) is 47.0 Å². The summed E-state index contributed by atoms with van der Waals surface area (Å²) < 4.78 is 46.2. The van der Waals surface area contributed by atoms with Crippen LogP contribution in [0.15, 0.2) is 97.9 Å². The molecule has 3 N–H and O–H groups in total. The van der Waals surface area contributed by atoms with Gasteiger partial charge in [0.05, 0.1) is 21.8 Å². The van der Waals surface area contributed by atoms with Crippen molar-refractivity contribution in [2.45, 2.75) is 4.90 Å². The third-order valence-corrected chi connectivity index (χ3v) is 6.77. The zero-order valence-electron chi connectivity index (χ0n) is 18.7. The van der Waals surface area contributed by atoms with Gasteiger partial charge in [-0.15, -0.1) is 0 Å². The Bertz CT molecular complexity index is 1790. The average Bonchev–Trinajstić information content (AvgIpc) is 2.87. The van der Waals surface area contributed by atoms with Crippen LogP contribution in [0, 0.1) is 0 Å². The van der Waals surface area contributed by atoms with Gasteiger partial charge >= 0.3 is 5.97 Å². The molecule has 190 valence electrons. The first-order valence-corrected chi connectivity index (χ1v) is 12.6. The van der Waals surface area contributed by atoms with Crippen molar-refractivity contribution in [2.75, 3.05) is 10.9 Å². The molecule has 0 aliphatic rings. The number of carboxylic acid groups (broad SMARTS) is 1. The van der Waals surface area contributed by atoms with E-state index in [-0.39, 0.29) is 26.7 Å². The first-order valence-electron chi connectivity index (χ1n) is 10.0. The van der Waals surface area contributed by atoms with E-state index in [9.17, 15) is 36.7 Å². The summed E-state index contributed by atoms with van der Waals surface area (Å²) in [5.41, 5.74) is 2.58. The van der Waals surface area contributed by atoms with E-state index in [0.29, 0.717) is 6.07 Å². The molecule has 0 bridgehead atoms.